The first kappa shape index (κ1) is 47.4. The number of carbonyl (C=O) groups is 16. The van der Waals surface area contributed by atoms with Gasteiger partial charge < -0.3 is 53.3 Å². The SMILES string of the molecule is NC1CCC(N)CC1.NC1CCC(N)CC1.NCN.O=C1OC(=O)C12C(=O)N(CN1C(=O)C3(C1=O)C(=O)N(CN1C(=O)C4(C(=O)OC4=O)C1=O)C3=O)C2=O.O=C1OC(=O)C12C(=O)OC2=O. The van der Waals surface area contributed by atoms with Crippen molar-refractivity contribution in [2.45, 2.75) is 75.5 Å². The number of amides is 8. The highest BCUT2D eigenvalue weighted by molar-refractivity contribution is 6.54. The van der Waals surface area contributed by atoms with E-state index in [1.54, 1.807) is 0 Å². The van der Waals surface area contributed by atoms with Gasteiger partial charge >= 0.3 is 64.0 Å². The summed E-state index contributed by atoms with van der Waals surface area (Å²) in [5, 5.41) is 0. The van der Waals surface area contributed by atoms with Crippen LogP contribution in [-0.2, 0) is 95.7 Å². The summed E-state index contributed by atoms with van der Waals surface area (Å²) < 4.78 is 15.6. The van der Waals surface area contributed by atoms with Crippen molar-refractivity contribution in [3.8, 4) is 0 Å². The van der Waals surface area contributed by atoms with Crippen molar-refractivity contribution in [2.24, 2.45) is 56.1 Å². The van der Waals surface area contributed by atoms with Gasteiger partial charge in [0.2, 0.25) is 0 Å². The third-order valence-electron chi connectivity index (χ3n) is 11.9. The summed E-state index contributed by atoms with van der Waals surface area (Å²) in [6, 6.07) is 1.76. The molecule has 2 aliphatic carbocycles. The van der Waals surface area contributed by atoms with Crippen molar-refractivity contribution < 1.29 is 95.7 Å². The van der Waals surface area contributed by atoms with E-state index in [2.05, 4.69) is 30.4 Å². The van der Waals surface area contributed by atoms with Gasteiger partial charge in [0.05, 0.1) is 0 Å². The Balaban J connectivity index is 0.000000187. The molecule has 8 saturated heterocycles. The van der Waals surface area contributed by atoms with Gasteiger partial charge in [0, 0.05) is 30.8 Å². The van der Waals surface area contributed by atoms with E-state index in [4.69, 9.17) is 22.9 Å². The summed E-state index contributed by atoms with van der Waals surface area (Å²) in [7, 11) is 0. The minimum atomic E-state index is -2.86. The van der Waals surface area contributed by atoms with Crippen molar-refractivity contribution in [1.29, 1.82) is 0 Å². The molecule has 0 aromatic rings. The average molecular weight is 919 g/mol. The Morgan fingerprint density at radius 3 is 0.615 bits per heavy atom. The van der Waals surface area contributed by atoms with Crippen LogP contribution in [0, 0.1) is 21.7 Å². The van der Waals surface area contributed by atoms with Gasteiger partial charge in [0.1, 0.15) is 13.3 Å². The number of nitrogens with zero attached hydrogens (tertiary/aromatic N) is 4. The maximum atomic E-state index is 12.5. The first-order valence-corrected chi connectivity index (χ1v) is 19.4. The fourth-order valence-electron chi connectivity index (χ4n) is 7.72. The molecule has 348 valence electrons. The third kappa shape index (κ3) is 6.30. The number of carbonyl (C=O) groups excluding carboxylic acids is 16. The van der Waals surface area contributed by atoms with Crippen molar-refractivity contribution >= 4 is 95.0 Å². The van der Waals surface area contributed by atoms with Crippen molar-refractivity contribution in [3.63, 3.8) is 0 Å². The lowest BCUT2D eigenvalue weighted by atomic mass is 9.68. The van der Waals surface area contributed by atoms with Gasteiger partial charge in [-0.25, -0.2) is 38.4 Å². The van der Waals surface area contributed by atoms with Crippen LogP contribution >= 0.6 is 0 Å². The van der Waals surface area contributed by atoms with E-state index in [0.29, 0.717) is 24.2 Å². The highest BCUT2D eigenvalue weighted by Crippen LogP contribution is 2.49. The molecule has 0 atom stereocenters. The van der Waals surface area contributed by atoms with E-state index in [1.165, 1.54) is 0 Å². The maximum absolute atomic E-state index is 12.5. The van der Waals surface area contributed by atoms with Crippen molar-refractivity contribution in [1.82, 2.24) is 19.6 Å². The summed E-state index contributed by atoms with van der Waals surface area (Å²) in [4.78, 5) is 187. The number of esters is 8. The monoisotopic (exact) mass is 918 g/mol. The highest BCUT2D eigenvalue weighted by atomic mass is 16.7. The second kappa shape index (κ2) is 16.5. The quantitative estimate of drug-likeness (QED) is 0.0501. The summed E-state index contributed by atoms with van der Waals surface area (Å²) >= 11 is 0. The fraction of sp³-hybridized carbons (Fsp3) is 0.543. The Labute approximate surface area is 361 Å². The molecule has 12 N–H and O–H groups in total. The smallest absolute Gasteiger partial charge is 0.357 e. The highest BCUT2D eigenvalue weighted by Gasteiger charge is 2.85. The number of ether oxygens (including phenoxy) is 4. The van der Waals surface area contributed by atoms with Gasteiger partial charge in [-0.05, 0) is 51.4 Å². The van der Waals surface area contributed by atoms with E-state index in [-0.39, 0.29) is 26.3 Å². The number of nitrogens with two attached hydrogens (primary N) is 6. The number of rotatable bonds is 4. The van der Waals surface area contributed by atoms with Gasteiger partial charge in [0.15, 0.2) is 0 Å². The number of likely N-dealkylation sites (tertiary alicyclic amines) is 4. The summed E-state index contributed by atoms with van der Waals surface area (Å²) in [5.74, 6) is -21.4. The lowest BCUT2D eigenvalue weighted by Crippen LogP contribution is -2.88. The van der Waals surface area contributed by atoms with E-state index >= 15 is 0 Å². The van der Waals surface area contributed by atoms with Crippen LogP contribution in [0.5, 0.6) is 0 Å². The topological polar surface area (TPSA) is 479 Å². The molecule has 30 heteroatoms. The van der Waals surface area contributed by atoms with Crippen LogP contribution in [0.3, 0.4) is 0 Å². The standard InChI is InChI=1S/C17H4N4O14.2C6H14N2.C5O6.CH6N2/c22-3-15(4(23)18(3)1-20-7(26)16(8(20)27)11(30)34-12(16)31)5(24)19(6(15)25)2-21-9(28)17(10(21)29)13(32)35-14(17)33;2*7-5-1-2-6(8)4-3-5;6-1-5(2(7)10-1)3(8)11-4(5)9;2-1-3/h1-2H2;2*5-6H,1-4,7-8H2;;1-3H2. The second-order valence-corrected chi connectivity index (χ2v) is 15.7. The largest absolute Gasteiger partial charge is 0.390 e. The molecular formula is C35H38N10O20. The van der Waals surface area contributed by atoms with Gasteiger partial charge in [-0.2, -0.15) is 0 Å². The Bertz CT molecular complexity index is 2020. The molecule has 8 heterocycles. The van der Waals surface area contributed by atoms with Crippen LogP contribution in [0.1, 0.15) is 51.4 Å². The molecule has 10 rings (SSSR count). The molecular weight excluding hydrogens is 880 g/mol. The summed E-state index contributed by atoms with van der Waals surface area (Å²) in [6.07, 6.45) is 9.01. The minimum Gasteiger partial charge on any atom is -0.390 e. The Kier molecular flexibility index (Phi) is 12.0. The molecule has 0 unspecified atom stereocenters. The Morgan fingerprint density at radius 1 is 0.323 bits per heavy atom. The summed E-state index contributed by atoms with van der Waals surface area (Å²) in [5.41, 5.74) is 21.4. The van der Waals surface area contributed by atoms with Crippen LogP contribution in [0.4, 0.5) is 0 Å². The lowest BCUT2D eigenvalue weighted by Gasteiger charge is -2.56. The predicted octanol–water partition coefficient (Wildman–Crippen LogP) is -9.07. The van der Waals surface area contributed by atoms with E-state index in [9.17, 15) is 76.7 Å². The molecule has 0 radical (unpaired) electrons. The van der Waals surface area contributed by atoms with Gasteiger partial charge in [0.25, 0.3) is 52.7 Å². The maximum Gasteiger partial charge on any atom is 0.357 e. The molecule has 8 aliphatic heterocycles. The predicted molar refractivity (Wildman–Crippen MR) is 193 cm³/mol. The van der Waals surface area contributed by atoms with Crippen molar-refractivity contribution in [2.75, 3.05) is 20.0 Å². The van der Waals surface area contributed by atoms with Crippen LogP contribution in [0.2, 0.25) is 0 Å². The average Bonchev–Trinajstić information content (AvgIpc) is 3.24. The van der Waals surface area contributed by atoms with E-state index in [0.717, 1.165) is 51.4 Å². The number of imide groups is 4. The number of β-lactam (4-membered cyclic amide) rings is 8. The van der Waals surface area contributed by atoms with Crippen LogP contribution < -0.4 is 34.4 Å². The molecule has 10 fully saturated rings. The molecule has 0 aromatic carbocycles. The zero-order valence-electron chi connectivity index (χ0n) is 33.5. The van der Waals surface area contributed by atoms with Crippen LogP contribution in [-0.4, -0.2) is 159 Å². The lowest BCUT2D eigenvalue weighted by molar-refractivity contribution is -0.226. The molecule has 30 nitrogen and oxygen atoms in total. The van der Waals surface area contributed by atoms with Gasteiger partial charge in [-0.3, -0.25) is 58.0 Å². The minimum absolute atomic E-state index is 0.183. The first-order chi connectivity index (χ1) is 30.4. The second-order valence-electron chi connectivity index (χ2n) is 15.7. The molecule has 10 aliphatic rings. The molecule has 0 bridgehead atoms. The van der Waals surface area contributed by atoms with Crippen molar-refractivity contribution in [3.05, 3.63) is 0 Å². The number of hydrogen-bond donors (Lipinski definition) is 6. The third-order valence-corrected chi connectivity index (χ3v) is 11.9. The molecule has 2 saturated carbocycles. The van der Waals surface area contributed by atoms with E-state index < -0.39 is 130 Å². The van der Waals surface area contributed by atoms with Crippen LogP contribution in [0.15, 0.2) is 0 Å². The molecule has 4 spiro atoms. The zero-order chi connectivity index (χ0) is 48.5. The summed E-state index contributed by atoms with van der Waals surface area (Å²) in [6.45, 7) is -1.93. The normalized spacial score (nSPS) is 28.9. The molecule has 0 aromatic heterocycles. The number of hydrogen-bond acceptors (Lipinski definition) is 26. The fourth-order valence-corrected chi connectivity index (χ4v) is 7.72. The van der Waals surface area contributed by atoms with Gasteiger partial charge in [-0.15, -0.1) is 0 Å². The Morgan fingerprint density at radius 2 is 0.477 bits per heavy atom. The van der Waals surface area contributed by atoms with Crippen LogP contribution in [0.25, 0.3) is 0 Å². The number of cyclic esters (lactones) is 8. The zero-order valence-corrected chi connectivity index (χ0v) is 33.5. The van der Waals surface area contributed by atoms with E-state index in [1.807, 2.05) is 0 Å². The molecule has 65 heavy (non-hydrogen) atoms. The van der Waals surface area contributed by atoms with Gasteiger partial charge in [-0.1, -0.05) is 0 Å². The Hall–Kier alpha value is -7.12. The first-order valence-electron chi connectivity index (χ1n) is 19.4. The molecule has 8 amide bonds.